The molecule has 0 unspecified atom stereocenters. The lowest BCUT2D eigenvalue weighted by atomic mass is 10.1. The summed E-state index contributed by atoms with van der Waals surface area (Å²) in [5.74, 6) is 2.07. The minimum atomic E-state index is 0.631. The fraction of sp³-hybridized carbons (Fsp3) is 0.571. The van der Waals surface area contributed by atoms with E-state index in [4.69, 9.17) is 0 Å². The molecule has 1 fully saturated rings. The number of rotatable bonds is 4. The average Bonchev–Trinajstić information content (AvgIpc) is 2.95. The summed E-state index contributed by atoms with van der Waals surface area (Å²) < 4.78 is 1.76. The second kappa shape index (κ2) is 6.07. The van der Waals surface area contributed by atoms with Crippen LogP contribution >= 0.6 is 0 Å². The molecule has 0 radical (unpaired) electrons. The highest BCUT2D eigenvalue weighted by atomic mass is 15.3. The van der Waals surface area contributed by atoms with E-state index in [1.807, 2.05) is 20.2 Å². The van der Waals surface area contributed by atoms with Crippen molar-refractivity contribution >= 4 is 11.9 Å². The predicted molar refractivity (Wildman–Crippen MR) is 82.3 cm³/mol. The molecule has 1 aliphatic rings. The molecule has 3 heterocycles. The first kappa shape index (κ1) is 13.8. The Kier molecular flexibility index (Phi) is 3.98. The summed E-state index contributed by atoms with van der Waals surface area (Å²) in [5, 5.41) is 7.38. The summed E-state index contributed by atoms with van der Waals surface area (Å²) >= 11 is 0. The second-order valence-corrected chi connectivity index (χ2v) is 5.26. The van der Waals surface area contributed by atoms with Gasteiger partial charge in [-0.2, -0.15) is 20.1 Å². The summed E-state index contributed by atoms with van der Waals surface area (Å²) in [6, 6.07) is 0. The first-order valence-electron chi connectivity index (χ1n) is 7.50. The van der Waals surface area contributed by atoms with Crippen LogP contribution in [0.5, 0.6) is 0 Å². The standard InChI is InChI=1S/C14H21N7/c1-3-15-13-17-12(11-9-16-20(2)10-11)18-14(19-13)21-7-5-4-6-8-21/h9-10H,3-8H2,1-2H3,(H,15,17,18,19). The quantitative estimate of drug-likeness (QED) is 0.922. The molecule has 0 amide bonds. The highest BCUT2D eigenvalue weighted by molar-refractivity contribution is 5.56. The number of aromatic nitrogens is 5. The van der Waals surface area contributed by atoms with E-state index in [2.05, 4.69) is 30.3 Å². The first-order valence-corrected chi connectivity index (χ1v) is 7.50. The number of aryl methyl sites for hydroxylation is 1. The fourth-order valence-corrected chi connectivity index (χ4v) is 2.50. The van der Waals surface area contributed by atoms with Crippen molar-refractivity contribution in [3.05, 3.63) is 12.4 Å². The van der Waals surface area contributed by atoms with Crippen LogP contribution in [0.3, 0.4) is 0 Å². The van der Waals surface area contributed by atoms with Crippen LogP contribution in [0.15, 0.2) is 12.4 Å². The van der Waals surface area contributed by atoms with Crippen LogP contribution in [-0.4, -0.2) is 44.4 Å². The van der Waals surface area contributed by atoms with E-state index in [9.17, 15) is 0 Å². The van der Waals surface area contributed by atoms with E-state index in [0.29, 0.717) is 11.8 Å². The van der Waals surface area contributed by atoms with Gasteiger partial charge in [0.1, 0.15) is 0 Å². The van der Waals surface area contributed by atoms with Crippen LogP contribution in [0.2, 0.25) is 0 Å². The topological polar surface area (TPSA) is 71.8 Å². The Labute approximate surface area is 124 Å². The van der Waals surface area contributed by atoms with Gasteiger partial charge < -0.3 is 10.2 Å². The van der Waals surface area contributed by atoms with Gasteiger partial charge in [-0.25, -0.2) is 0 Å². The molecule has 0 spiro atoms. The number of hydrogen-bond donors (Lipinski definition) is 1. The molecule has 1 saturated heterocycles. The van der Waals surface area contributed by atoms with Crippen molar-refractivity contribution in [2.45, 2.75) is 26.2 Å². The number of piperidine rings is 1. The molecule has 3 rings (SSSR count). The molecule has 2 aromatic rings. The molecule has 21 heavy (non-hydrogen) atoms. The Balaban J connectivity index is 1.96. The van der Waals surface area contributed by atoms with Crippen LogP contribution in [-0.2, 0) is 7.05 Å². The molecule has 2 aromatic heterocycles. The van der Waals surface area contributed by atoms with Gasteiger partial charge in [-0.1, -0.05) is 0 Å². The van der Waals surface area contributed by atoms with Crippen molar-refractivity contribution in [2.24, 2.45) is 7.05 Å². The van der Waals surface area contributed by atoms with Gasteiger partial charge in [0, 0.05) is 32.9 Å². The monoisotopic (exact) mass is 287 g/mol. The first-order chi connectivity index (χ1) is 10.3. The number of nitrogens with zero attached hydrogens (tertiary/aromatic N) is 6. The molecule has 112 valence electrons. The minimum absolute atomic E-state index is 0.631. The van der Waals surface area contributed by atoms with Gasteiger partial charge in [0.15, 0.2) is 5.82 Å². The molecule has 0 bridgehead atoms. The normalized spacial score (nSPS) is 15.2. The maximum Gasteiger partial charge on any atom is 0.230 e. The predicted octanol–water partition coefficient (Wildman–Crippen LogP) is 1.69. The number of anilines is 2. The van der Waals surface area contributed by atoms with Gasteiger partial charge >= 0.3 is 0 Å². The summed E-state index contributed by atoms with van der Waals surface area (Å²) in [6.45, 7) is 4.86. The van der Waals surface area contributed by atoms with E-state index in [-0.39, 0.29) is 0 Å². The van der Waals surface area contributed by atoms with Gasteiger partial charge in [0.2, 0.25) is 11.9 Å². The van der Waals surface area contributed by atoms with Crippen molar-refractivity contribution in [1.82, 2.24) is 24.7 Å². The zero-order valence-corrected chi connectivity index (χ0v) is 12.6. The molecule has 1 aliphatic heterocycles. The van der Waals surface area contributed by atoms with Crippen LogP contribution < -0.4 is 10.2 Å². The van der Waals surface area contributed by atoms with E-state index < -0.39 is 0 Å². The molecular formula is C14H21N7. The Morgan fingerprint density at radius 1 is 1.14 bits per heavy atom. The van der Waals surface area contributed by atoms with Crippen LogP contribution in [0.4, 0.5) is 11.9 Å². The number of nitrogens with one attached hydrogen (secondary N) is 1. The van der Waals surface area contributed by atoms with Crippen LogP contribution in [0.1, 0.15) is 26.2 Å². The van der Waals surface area contributed by atoms with Crippen molar-refractivity contribution in [3.63, 3.8) is 0 Å². The van der Waals surface area contributed by atoms with Gasteiger partial charge in [0.25, 0.3) is 0 Å². The lowest BCUT2D eigenvalue weighted by Crippen LogP contribution is -2.31. The van der Waals surface area contributed by atoms with E-state index in [1.165, 1.54) is 19.3 Å². The lowest BCUT2D eigenvalue weighted by Gasteiger charge is -2.26. The lowest BCUT2D eigenvalue weighted by molar-refractivity contribution is 0.568. The highest BCUT2D eigenvalue weighted by Gasteiger charge is 2.17. The second-order valence-electron chi connectivity index (χ2n) is 5.26. The third-order valence-electron chi connectivity index (χ3n) is 3.56. The van der Waals surface area contributed by atoms with Crippen molar-refractivity contribution < 1.29 is 0 Å². The van der Waals surface area contributed by atoms with Gasteiger partial charge in [-0.15, -0.1) is 0 Å². The summed E-state index contributed by atoms with van der Waals surface area (Å²) in [4.78, 5) is 15.9. The molecular weight excluding hydrogens is 266 g/mol. The largest absolute Gasteiger partial charge is 0.354 e. The molecule has 0 atom stereocenters. The van der Waals surface area contributed by atoms with E-state index in [1.54, 1.807) is 10.9 Å². The summed E-state index contributed by atoms with van der Waals surface area (Å²) in [5.41, 5.74) is 0.914. The molecule has 0 aromatic carbocycles. The van der Waals surface area contributed by atoms with Crippen molar-refractivity contribution in [2.75, 3.05) is 29.9 Å². The molecule has 0 aliphatic carbocycles. The van der Waals surface area contributed by atoms with E-state index in [0.717, 1.165) is 31.1 Å². The van der Waals surface area contributed by atoms with Gasteiger partial charge in [-0.05, 0) is 26.2 Å². The molecule has 7 heteroatoms. The van der Waals surface area contributed by atoms with E-state index >= 15 is 0 Å². The third-order valence-corrected chi connectivity index (χ3v) is 3.56. The molecule has 1 N–H and O–H groups in total. The van der Waals surface area contributed by atoms with Crippen molar-refractivity contribution in [3.8, 4) is 11.4 Å². The molecule has 0 saturated carbocycles. The Morgan fingerprint density at radius 2 is 1.95 bits per heavy atom. The number of hydrogen-bond acceptors (Lipinski definition) is 6. The zero-order chi connectivity index (χ0) is 14.7. The Bertz CT molecular complexity index is 601. The SMILES string of the molecule is CCNc1nc(-c2cnn(C)c2)nc(N2CCCCC2)n1. The maximum atomic E-state index is 4.63. The van der Waals surface area contributed by atoms with Gasteiger partial charge in [-0.3, -0.25) is 4.68 Å². The minimum Gasteiger partial charge on any atom is -0.354 e. The zero-order valence-electron chi connectivity index (χ0n) is 12.6. The maximum absolute atomic E-state index is 4.63. The van der Waals surface area contributed by atoms with Crippen molar-refractivity contribution in [1.29, 1.82) is 0 Å². The Morgan fingerprint density at radius 3 is 2.62 bits per heavy atom. The van der Waals surface area contributed by atoms with Crippen LogP contribution in [0, 0.1) is 0 Å². The third kappa shape index (κ3) is 3.12. The smallest absolute Gasteiger partial charge is 0.230 e. The summed E-state index contributed by atoms with van der Waals surface area (Å²) in [7, 11) is 1.89. The summed E-state index contributed by atoms with van der Waals surface area (Å²) in [6.07, 6.45) is 7.39. The van der Waals surface area contributed by atoms with Crippen LogP contribution in [0.25, 0.3) is 11.4 Å². The highest BCUT2D eigenvalue weighted by Crippen LogP contribution is 2.21. The van der Waals surface area contributed by atoms with Gasteiger partial charge in [0.05, 0.1) is 11.8 Å². The fourth-order valence-electron chi connectivity index (χ4n) is 2.50. The Hall–Kier alpha value is -2.18. The average molecular weight is 287 g/mol. The molecule has 7 nitrogen and oxygen atoms in total.